The third kappa shape index (κ3) is 5.01. The number of rotatable bonds is 8. The molecule has 0 radical (unpaired) electrons. The monoisotopic (exact) mass is 262 g/mol. The molecule has 0 aliphatic heterocycles. The van der Waals surface area contributed by atoms with E-state index < -0.39 is 6.04 Å². The molecule has 4 heteroatoms. The molecule has 0 saturated heterocycles. The Balaban J connectivity index is 1.58. The van der Waals surface area contributed by atoms with Gasteiger partial charge in [-0.15, -0.1) is 0 Å². The minimum absolute atomic E-state index is 0.131. The van der Waals surface area contributed by atoms with Crippen molar-refractivity contribution in [3.05, 3.63) is 35.9 Å². The van der Waals surface area contributed by atoms with E-state index in [1.54, 1.807) is 0 Å². The first-order chi connectivity index (χ1) is 9.27. The molecule has 1 atom stereocenters. The Labute approximate surface area is 114 Å². The molecule has 2 rings (SSSR count). The standard InChI is InChI=1S/C15H22N2O2/c16-14(13-5-2-1-3-6-13)15(18)17-9-4-10-19-11-12-7-8-12/h1-3,5-6,12,14H,4,7-11,16H2,(H,17,18)/t14-/m1/s1. The van der Waals surface area contributed by atoms with Crippen LogP contribution in [0.1, 0.15) is 30.9 Å². The highest BCUT2D eigenvalue weighted by Crippen LogP contribution is 2.28. The summed E-state index contributed by atoms with van der Waals surface area (Å²) in [6.45, 7) is 2.19. The van der Waals surface area contributed by atoms with Crippen LogP contribution in [0.15, 0.2) is 30.3 Å². The molecule has 1 aromatic rings. The molecule has 1 aliphatic rings. The molecule has 1 saturated carbocycles. The number of nitrogens with two attached hydrogens (primary N) is 1. The first-order valence-corrected chi connectivity index (χ1v) is 6.93. The Hall–Kier alpha value is -1.39. The van der Waals surface area contributed by atoms with Crippen LogP contribution < -0.4 is 11.1 Å². The van der Waals surface area contributed by atoms with Gasteiger partial charge in [0.05, 0.1) is 0 Å². The van der Waals surface area contributed by atoms with Gasteiger partial charge in [0.15, 0.2) is 0 Å². The molecule has 0 spiro atoms. The number of hydrogen-bond donors (Lipinski definition) is 2. The number of benzene rings is 1. The number of hydrogen-bond acceptors (Lipinski definition) is 3. The van der Waals surface area contributed by atoms with Crippen molar-refractivity contribution in [2.45, 2.75) is 25.3 Å². The lowest BCUT2D eigenvalue weighted by atomic mass is 10.1. The van der Waals surface area contributed by atoms with Crippen molar-refractivity contribution in [2.24, 2.45) is 11.7 Å². The van der Waals surface area contributed by atoms with Crippen molar-refractivity contribution < 1.29 is 9.53 Å². The second kappa shape index (κ2) is 7.26. The summed E-state index contributed by atoms with van der Waals surface area (Å²) in [6, 6.07) is 8.81. The summed E-state index contributed by atoms with van der Waals surface area (Å²) in [5, 5.41) is 2.84. The van der Waals surface area contributed by atoms with Gasteiger partial charge in [0.2, 0.25) is 5.91 Å². The highest BCUT2D eigenvalue weighted by Gasteiger charge is 2.20. The Morgan fingerprint density at radius 3 is 2.79 bits per heavy atom. The first kappa shape index (κ1) is 14.0. The first-order valence-electron chi connectivity index (χ1n) is 6.93. The van der Waals surface area contributed by atoms with Crippen LogP contribution in [0.4, 0.5) is 0 Å². The molecule has 1 amide bonds. The lowest BCUT2D eigenvalue weighted by Crippen LogP contribution is -2.34. The van der Waals surface area contributed by atoms with Crippen LogP contribution in [0.5, 0.6) is 0 Å². The Kier molecular flexibility index (Phi) is 5.36. The minimum atomic E-state index is -0.589. The van der Waals surface area contributed by atoms with Gasteiger partial charge >= 0.3 is 0 Å². The average molecular weight is 262 g/mol. The number of carbonyl (C=O) groups is 1. The van der Waals surface area contributed by atoms with Gasteiger partial charge in [0.1, 0.15) is 6.04 Å². The SMILES string of the molecule is N[C@@H](C(=O)NCCCOCC1CC1)c1ccccc1. The summed E-state index contributed by atoms with van der Waals surface area (Å²) in [4.78, 5) is 11.8. The largest absolute Gasteiger partial charge is 0.381 e. The van der Waals surface area contributed by atoms with E-state index in [1.165, 1.54) is 12.8 Å². The van der Waals surface area contributed by atoms with Crippen molar-refractivity contribution in [1.29, 1.82) is 0 Å². The second-order valence-electron chi connectivity index (χ2n) is 5.05. The lowest BCUT2D eigenvalue weighted by Gasteiger charge is -2.12. The predicted molar refractivity (Wildman–Crippen MR) is 74.5 cm³/mol. The molecule has 3 N–H and O–H groups in total. The van der Waals surface area contributed by atoms with Gasteiger partial charge in [-0.25, -0.2) is 0 Å². The van der Waals surface area contributed by atoms with Crippen molar-refractivity contribution >= 4 is 5.91 Å². The molecule has 0 aromatic heterocycles. The predicted octanol–water partition coefficient (Wildman–Crippen LogP) is 1.62. The van der Waals surface area contributed by atoms with Crippen LogP contribution in [0.25, 0.3) is 0 Å². The Morgan fingerprint density at radius 2 is 2.11 bits per heavy atom. The van der Waals surface area contributed by atoms with Crippen LogP contribution in [-0.4, -0.2) is 25.7 Å². The fraction of sp³-hybridized carbons (Fsp3) is 0.533. The fourth-order valence-electron chi connectivity index (χ4n) is 1.84. The number of amides is 1. The van der Waals surface area contributed by atoms with E-state index in [-0.39, 0.29) is 5.91 Å². The van der Waals surface area contributed by atoms with E-state index in [1.807, 2.05) is 30.3 Å². The Bertz CT molecular complexity index is 390. The van der Waals surface area contributed by atoms with E-state index >= 15 is 0 Å². The minimum Gasteiger partial charge on any atom is -0.381 e. The van der Waals surface area contributed by atoms with E-state index in [9.17, 15) is 4.79 Å². The second-order valence-corrected chi connectivity index (χ2v) is 5.05. The van der Waals surface area contributed by atoms with Gasteiger partial charge in [-0.3, -0.25) is 4.79 Å². The lowest BCUT2D eigenvalue weighted by molar-refractivity contribution is -0.122. The fourth-order valence-corrected chi connectivity index (χ4v) is 1.84. The molecule has 104 valence electrons. The number of carbonyl (C=O) groups excluding carboxylic acids is 1. The van der Waals surface area contributed by atoms with Crippen molar-refractivity contribution in [3.8, 4) is 0 Å². The highest BCUT2D eigenvalue weighted by molar-refractivity contribution is 5.82. The summed E-state index contributed by atoms with van der Waals surface area (Å²) in [5.74, 6) is 0.662. The maximum atomic E-state index is 11.8. The van der Waals surface area contributed by atoms with Gasteiger partial charge in [-0.05, 0) is 30.7 Å². The molecule has 0 unspecified atom stereocenters. The average Bonchev–Trinajstić information content (AvgIpc) is 3.26. The Morgan fingerprint density at radius 1 is 1.37 bits per heavy atom. The van der Waals surface area contributed by atoms with Crippen molar-refractivity contribution in [2.75, 3.05) is 19.8 Å². The third-order valence-corrected chi connectivity index (χ3v) is 3.26. The molecule has 0 bridgehead atoms. The molecule has 1 aromatic carbocycles. The van der Waals surface area contributed by atoms with Crippen LogP contribution >= 0.6 is 0 Å². The van der Waals surface area contributed by atoms with Crippen molar-refractivity contribution in [1.82, 2.24) is 5.32 Å². The van der Waals surface area contributed by atoms with Gasteiger partial charge in [-0.1, -0.05) is 30.3 Å². The van der Waals surface area contributed by atoms with E-state index in [0.29, 0.717) is 13.2 Å². The zero-order chi connectivity index (χ0) is 13.5. The summed E-state index contributed by atoms with van der Waals surface area (Å²) >= 11 is 0. The van der Waals surface area contributed by atoms with Gasteiger partial charge < -0.3 is 15.8 Å². The summed E-state index contributed by atoms with van der Waals surface area (Å²) in [7, 11) is 0. The quantitative estimate of drug-likeness (QED) is 0.700. The van der Waals surface area contributed by atoms with Crippen molar-refractivity contribution in [3.63, 3.8) is 0 Å². The third-order valence-electron chi connectivity index (χ3n) is 3.26. The molecule has 1 fully saturated rings. The normalized spacial score (nSPS) is 16.1. The zero-order valence-electron chi connectivity index (χ0n) is 11.2. The molecular weight excluding hydrogens is 240 g/mol. The van der Waals surface area contributed by atoms with E-state index in [2.05, 4.69) is 5.32 Å². The zero-order valence-corrected chi connectivity index (χ0v) is 11.2. The van der Waals surface area contributed by atoms with Gasteiger partial charge in [-0.2, -0.15) is 0 Å². The molecule has 0 heterocycles. The number of ether oxygens (including phenoxy) is 1. The van der Waals surface area contributed by atoms with Gasteiger partial charge in [0.25, 0.3) is 0 Å². The maximum Gasteiger partial charge on any atom is 0.241 e. The molecule has 19 heavy (non-hydrogen) atoms. The molecule has 4 nitrogen and oxygen atoms in total. The van der Waals surface area contributed by atoms with Crippen LogP contribution in [0, 0.1) is 5.92 Å². The van der Waals surface area contributed by atoms with Crippen LogP contribution in [-0.2, 0) is 9.53 Å². The molecular formula is C15H22N2O2. The summed E-state index contributed by atoms with van der Waals surface area (Å²) < 4.78 is 5.50. The van der Waals surface area contributed by atoms with E-state index in [0.717, 1.165) is 24.5 Å². The van der Waals surface area contributed by atoms with Crippen LogP contribution in [0.3, 0.4) is 0 Å². The summed E-state index contributed by atoms with van der Waals surface area (Å²) in [6.07, 6.45) is 3.45. The van der Waals surface area contributed by atoms with E-state index in [4.69, 9.17) is 10.5 Å². The topological polar surface area (TPSA) is 64.4 Å². The number of nitrogens with one attached hydrogen (secondary N) is 1. The summed E-state index contributed by atoms with van der Waals surface area (Å²) in [5.41, 5.74) is 6.72. The highest BCUT2D eigenvalue weighted by atomic mass is 16.5. The van der Waals surface area contributed by atoms with Gasteiger partial charge in [0, 0.05) is 19.8 Å². The molecule has 1 aliphatic carbocycles. The van der Waals surface area contributed by atoms with Crippen LogP contribution in [0.2, 0.25) is 0 Å². The smallest absolute Gasteiger partial charge is 0.241 e. The maximum absolute atomic E-state index is 11.8.